The third kappa shape index (κ3) is 4.53. The molecule has 1 saturated heterocycles. The number of amides is 1. The van der Waals surface area contributed by atoms with Gasteiger partial charge in [-0.1, -0.05) is 24.3 Å². The summed E-state index contributed by atoms with van der Waals surface area (Å²) < 4.78 is 19.8. The maximum Gasteiger partial charge on any atom is 0.224 e. The first-order valence-corrected chi connectivity index (χ1v) is 10.2. The molecule has 1 fully saturated rings. The maximum atomic E-state index is 14.0. The average molecular weight is 382 g/mol. The molecule has 0 saturated carbocycles. The number of anilines is 1. The number of nitrogens with zero attached hydrogens (tertiary/aromatic N) is 1. The van der Waals surface area contributed by atoms with E-state index >= 15 is 0 Å². The van der Waals surface area contributed by atoms with Gasteiger partial charge in [0.1, 0.15) is 11.6 Å². The largest absolute Gasteiger partial charge is 0.493 e. The van der Waals surface area contributed by atoms with Gasteiger partial charge >= 0.3 is 0 Å². The van der Waals surface area contributed by atoms with Gasteiger partial charge in [0.15, 0.2) is 0 Å². The van der Waals surface area contributed by atoms with Gasteiger partial charge in [-0.2, -0.15) is 0 Å². The lowest BCUT2D eigenvalue weighted by Gasteiger charge is -2.32. The predicted octanol–water partition coefficient (Wildman–Crippen LogP) is 4.36. The third-order valence-electron chi connectivity index (χ3n) is 5.80. The van der Waals surface area contributed by atoms with Gasteiger partial charge in [-0.3, -0.25) is 4.79 Å². The van der Waals surface area contributed by atoms with Crippen molar-refractivity contribution < 1.29 is 13.9 Å². The van der Waals surface area contributed by atoms with Crippen LogP contribution in [0.4, 0.5) is 10.1 Å². The summed E-state index contributed by atoms with van der Waals surface area (Å²) in [7, 11) is 0. The number of nitrogens with one attached hydrogen (secondary N) is 1. The van der Waals surface area contributed by atoms with Crippen LogP contribution in [-0.2, 0) is 11.2 Å². The van der Waals surface area contributed by atoms with Crippen molar-refractivity contribution in [1.82, 2.24) is 4.90 Å². The Kier molecular flexibility index (Phi) is 5.91. The number of benzene rings is 2. The summed E-state index contributed by atoms with van der Waals surface area (Å²) in [4.78, 5) is 14.0. The van der Waals surface area contributed by atoms with Crippen molar-refractivity contribution in [2.75, 3.05) is 31.6 Å². The third-order valence-corrected chi connectivity index (χ3v) is 5.80. The fourth-order valence-corrected chi connectivity index (χ4v) is 4.19. The molecule has 148 valence electrons. The van der Waals surface area contributed by atoms with Gasteiger partial charge in [0.2, 0.25) is 5.91 Å². The second-order valence-electron chi connectivity index (χ2n) is 7.71. The van der Waals surface area contributed by atoms with Crippen LogP contribution in [0.2, 0.25) is 0 Å². The molecule has 1 amide bonds. The first-order chi connectivity index (χ1) is 13.7. The van der Waals surface area contributed by atoms with Crippen LogP contribution in [0, 0.1) is 5.82 Å². The molecule has 1 N–H and O–H groups in total. The summed E-state index contributed by atoms with van der Waals surface area (Å²) in [6, 6.07) is 13.1. The molecule has 0 aromatic heterocycles. The fourth-order valence-electron chi connectivity index (χ4n) is 4.19. The number of aryl methyl sites for hydroxylation is 1. The minimum absolute atomic E-state index is 0.0726. The van der Waals surface area contributed by atoms with Crippen LogP contribution in [0.5, 0.6) is 5.75 Å². The molecule has 0 radical (unpaired) electrons. The first kappa shape index (κ1) is 18.9. The maximum absolute atomic E-state index is 14.0. The van der Waals surface area contributed by atoms with Gasteiger partial charge < -0.3 is 15.0 Å². The highest BCUT2D eigenvalue weighted by Gasteiger charge is 2.22. The van der Waals surface area contributed by atoms with Crippen LogP contribution < -0.4 is 10.1 Å². The number of rotatable bonds is 6. The van der Waals surface area contributed by atoms with Gasteiger partial charge in [-0.25, -0.2) is 4.39 Å². The standard InChI is InChI=1S/C23H27FN2O2/c24-21-5-2-1-4-20(21)17-10-13-26(14-11-17)12-3-15-28-19-8-6-18-7-9-23(27)25-22(18)16-19/h1-2,4-6,8,16-17H,3,7,9-15H2,(H,25,27). The number of carbonyl (C=O) groups is 1. The Balaban J connectivity index is 1.19. The van der Waals surface area contributed by atoms with Crippen molar-refractivity contribution in [3.8, 4) is 5.75 Å². The van der Waals surface area contributed by atoms with Crippen molar-refractivity contribution >= 4 is 11.6 Å². The molecule has 0 unspecified atom stereocenters. The second kappa shape index (κ2) is 8.74. The molecule has 2 aliphatic heterocycles. The van der Waals surface area contributed by atoms with Crippen LogP contribution in [-0.4, -0.2) is 37.0 Å². The summed E-state index contributed by atoms with van der Waals surface area (Å²) in [6.07, 6.45) is 4.32. The molecule has 4 rings (SSSR count). The van der Waals surface area contributed by atoms with Crippen molar-refractivity contribution in [2.45, 2.75) is 38.0 Å². The Morgan fingerprint density at radius 1 is 1.11 bits per heavy atom. The topological polar surface area (TPSA) is 41.6 Å². The summed E-state index contributed by atoms with van der Waals surface area (Å²) in [6.45, 7) is 3.65. The Hall–Kier alpha value is -2.40. The van der Waals surface area contributed by atoms with Gasteiger partial charge in [-0.05, 0) is 68.0 Å². The molecule has 0 bridgehead atoms. The van der Waals surface area contributed by atoms with Crippen molar-refractivity contribution in [3.63, 3.8) is 0 Å². The van der Waals surface area contributed by atoms with E-state index in [1.807, 2.05) is 30.3 Å². The van der Waals surface area contributed by atoms with Crippen LogP contribution in [0.25, 0.3) is 0 Å². The van der Waals surface area contributed by atoms with Crippen molar-refractivity contribution in [3.05, 3.63) is 59.4 Å². The molecule has 28 heavy (non-hydrogen) atoms. The van der Waals surface area contributed by atoms with Crippen LogP contribution >= 0.6 is 0 Å². The minimum Gasteiger partial charge on any atom is -0.493 e. The van der Waals surface area contributed by atoms with E-state index in [4.69, 9.17) is 4.74 Å². The molecule has 0 atom stereocenters. The van der Waals surface area contributed by atoms with Crippen LogP contribution in [0.1, 0.15) is 42.7 Å². The number of hydrogen-bond donors (Lipinski definition) is 1. The lowest BCUT2D eigenvalue weighted by atomic mass is 9.89. The number of hydrogen-bond acceptors (Lipinski definition) is 3. The van der Waals surface area contributed by atoms with Gasteiger partial charge in [0.05, 0.1) is 6.61 Å². The van der Waals surface area contributed by atoms with Gasteiger partial charge in [-0.15, -0.1) is 0 Å². The monoisotopic (exact) mass is 382 g/mol. The number of piperidine rings is 1. The molecule has 0 spiro atoms. The molecular weight excluding hydrogens is 355 g/mol. The minimum atomic E-state index is -0.0735. The second-order valence-corrected chi connectivity index (χ2v) is 7.71. The zero-order chi connectivity index (χ0) is 19.3. The van der Waals surface area contributed by atoms with Crippen molar-refractivity contribution in [2.24, 2.45) is 0 Å². The van der Waals surface area contributed by atoms with E-state index in [9.17, 15) is 9.18 Å². The molecule has 2 aromatic carbocycles. The van der Waals surface area contributed by atoms with Crippen LogP contribution in [0.3, 0.4) is 0 Å². The van der Waals surface area contributed by atoms with Gasteiger partial charge in [0, 0.05) is 24.7 Å². The van der Waals surface area contributed by atoms with Gasteiger partial charge in [0.25, 0.3) is 0 Å². The Morgan fingerprint density at radius 2 is 1.93 bits per heavy atom. The lowest BCUT2D eigenvalue weighted by Crippen LogP contribution is -2.34. The number of fused-ring (bicyclic) bond motifs is 1. The Morgan fingerprint density at radius 3 is 2.75 bits per heavy atom. The molecular formula is C23H27FN2O2. The summed E-state index contributed by atoms with van der Waals surface area (Å²) in [5.74, 6) is 1.14. The lowest BCUT2D eigenvalue weighted by molar-refractivity contribution is -0.116. The van der Waals surface area contributed by atoms with E-state index in [0.29, 0.717) is 18.9 Å². The molecule has 2 heterocycles. The number of ether oxygens (including phenoxy) is 1. The highest BCUT2D eigenvalue weighted by atomic mass is 19.1. The highest BCUT2D eigenvalue weighted by Crippen LogP contribution is 2.30. The van der Waals surface area contributed by atoms with E-state index in [1.165, 1.54) is 5.56 Å². The van der Waals surface area contributed by atoms with E-state index < -0.39 is 0 Å². The Bertz CT molecular complexity index is 831. The molecule has 4 nitrogen and oxygen atoms in total. The first-order valence-electron chi connectivity index (χ1n) is 10.2. The van der Waals surface area contributed by atoms with E-state index in [0.717, 1.165) is 62.3 Å². The van der Waals surface area contributed by atoms with Crippen molar-refractivity contribution in [1.29, 1.82) is 0 Å². The quantitative estimate of drug-likeness (QED) is 0.755. The highest BCUT2D eigenvalue weighted by molar-refractivity contribution is 5.94. The van der Waals surface area contributed by atoms with Crippen LogP contribution in [0.15, 0.2) is 42.5 Å². The SMILES string of the molecule is O=C1CCc2ccc(OCCCN3CCC(c4ccccc4F)CC3)cc2N1. The number of carbonyl (C=O) groups excluding carboxylic acids is 1. The predicted molar refractivity (Wildman–Crippen MR) is 108 cm³/mol. The smallest absolute Gasteiger partial charge is 0.224 e. The zero-order valence-corrected chi connectivity index (χ0v) is 16.1. The fraction of sp³-hybridized carbons (Fsp3) is 0.435. The Labute approximate surface area is 165 Å². The normalized spacial score (nSPS) is 17.8. The zero-order valence-electron chi connectivity index (χ0n) is 16.1. The molecule has 0 aliphatic carbocycles. The summed E-state index contributed by atoms with van der Waals surface area (Å²) in [5.41, 5.74) is 2.92. The molecule has 2 aliphatic rings. The van der Waals surface area contributed by atoms with E-state index in [-0.39, 0.29) is 11.7 Å². The summed E-state index contributed by atoms with van der Waals surface area (Å²) >= 11 is 0. The van der Waals surface area contributed by atoms with E-state index in [2.05, 4.69) is 10.2 Å². The number of halogens is 1. The number of likely N-dealkylation sites (tertiary alicyclic amines) is 1. The summed E-state index contributed by atoms with van der Waals surface area (Å²) in [5, 5.41) is 2.91. The molecule has 5 heteroatoms. The average Bonchev–Trinajstić information content (AvgIpc) is 2.72. The molecule has 2 aromatic rings. The van der Waals surface area contributed by atoms with E-state index in [1.54, 1.807) is 12.1 Å².